The van der Waals surface area contributed by atoms with Gasteiger partial charge in [0.1, 0.15) is 5.82 Å². The van der Waals surface area contributed by atoms with Crippen molar-refractivity contribution in [2.45, 2.75) is 12.5 Å². The quantitative estimate of drug-likeness (QED) is 0.923. The number of hydrogen-bond donors (Lipinski definition) is 1. The van der Waals surface area contributed by atoms with Gasteiger partial charge in [-0.1, -0.05) is 17.7 Å². The van der Waals surface area contributed by atoms with E-state index in [4.69, 9.17) is 11.6 Å². The molecule has 3 nitrogen and oxygen atoms in total. The Morgan fingerprint density at radius 2 is 2.28 bits per heavy atom. The van der Waals surface area contributed by atoms with Crippen molar-refractivity contribution in [2.75, 3.05) is 7.05 Å². The molecule has 0 aliphatic heterocycles. The van der Waals surface area contributed by atoms with E-state index in [1.807, 2.05) is 18.7 Å². The summed E-state index contributed by atoms with van der Waals surface area (Å²) in [7, 11) is 3.77. The average molecular weight is 268 g/mol. The third kappa shape index (κ3) is 2.71. The van der Waals surface area contributed by atoms with Crippen LogP contribution in [0.2, 0.25) is 5.02 Å². The molecule has 1 heterocycles. The Labute approximate surface area is 111 Å². The predicted octanol–water partition coefficient (Wildman–Crippen LogP) is 2.72. The molecule has 1 unspecified atom stereocenters. The Morgan fingerprint density at radius 3 is 2.83 bits per heavy atom. The zero-order valence-electron chi connectivity index (χ0n) is 10.3. The minimum atomic E-state index is -0.273. The van der Waals surface area contributed by atoms with Gasteiger partial charge in [-0.05, 0) is 31.2 Å². The van der Waals surface area contributed by atoms with E-state index in [2.05, 4.69) is 10.3 Å². The van der Waals surface area contributed by atoms with Crippen molar-refractivity contribution >= 4 is 11.6 Å². The third-order valence-corrected chi connectivity index (χ3v) is 3.23. The highest BCUT2D eigenvalue weighted by Gasteiger charge is 2.15. The van der Waals surface area contributed by atoms with E-state index in [1.54, 1.807) is 24.7 Å². The van der Waals surface area contributed by atoms with Gasteiger partial charge in [0.2, 0.25) is 0 Å². The first-order valence-electron chi connectivity index (χ1n) is 5.69. The Morgan fingerprint density at radius 1 is 1.50 bits per heavy atom. The van der Waals surface area contributed by atoms with Crippen LogP contribution < -0.4 is 5.32 Å². The first-order valence-corrected chi connectivity index (χ1v) is 6.07. The molecule has 0 fully saturated rings. The fraction of sp³-hybridized carbons (Fsp3) is 0.308. The van der Waals surface area contributed by atoms with E-state index < -0.39 is 0 Å². The van der Waals surface area contributed by atoms with Crippen LogP contribution in [0.5, 0.6) is 0 Å². The second kappa shape index (κ2) is 5.50. The monoisotopic (exact) mass is 267 g/mol. The second-order valence-electron chi connectivity index (χ2n) is 4.21. The van der Waals surface area contributed by atoms with Crippen molar-refractivity contribution in [1.82, 2.24) is 14.9 Å². The predicted molar refractivity (Wildman–Crippen MR) is 70.1 cm³/mol. The van der Waals surface area contributed by atoms with Gasteiger partial charge >= 0.3 is 0 Å². The molecule has 1 N–H and O–H groups in total. The lowest BCUT2D eigenvalue weighted by Gasteiger charge is -2.17. The van der Waals surface area contributed by atoms with Crippen LogP contribution in [0.4, 0.5) is 4.39 Å². The number of imidazole rings is 1. The van der Waals surface area contributed by atoms with Crippen molar-refractivity contribution in [3.05, 3.63) is 52.8 Å². The number of likely N-dealkylation sites (N-methyl/N-ethyl adjacent to an activating group) is 1. The largest absolute Gasteiger partial charge is 0.336 e. The molecule has 0 radical (unpaired) electrons. The Balaban J connectivity index is 2.23. The lowest BCUT2D eigenvalue weighted by Crippen LogP contribution is -2.21. The SMILES string of the molecule is CNC(Cc1ccc(Cl)cc1F)c1cncn1C. The van der Waals surface area contributed by atoms with Crippen LogP contribution in [-0.4, -0.2) is 16.6 Å². The van der Waals surface area contributed by atoms with Gasteiger partial charge < -0.3 is 9.88 Å². The molecule has 0 amide bonds. The highest BCUT2D eigenvalue weighted by atomic mass is 35.5. The summed E-state index contributed by atoms with van der Waals surface area (Å²) in [5.41, 5.74) is 1.66. The van der Waals surface area contributed by atoms with Crippen molar-refractivity contribution in [1.29, 1.82) is 0 Å². The fourth-order valence-corrected chi connectivity index (χ4v) is 2.12. The summed E-state index contributed by atoms with van der Waals surface area (Å²) < 4.78 is 15.7. The van der Waals surface area contributed by atoms with Crippen molar-refractivity contribution in [3.63, 3.8) is 0 Å². The molecule has 0 aliphatic carbocycles. The molecule has 1 aromatic heterocycles. The number of nitrogens with zero attached hydrogens (tertiary/aromatic N) is 2. The van der Waals surface area contributed by atoms with E-state index >= 15 is 0 Å². The number of nitrogens with one attached hydrogen (secondary N) is 1. The highest BCUT2D eigenvalue weighted by molar-refractivity contribution is 6.30. The van der Waals surface area contributed by atoms with Crippen LogP contribution in [-0.2, 0) is 13.5 Å². The molecule has 96 valence electrons. The van der Waals surface area contributed by atoms with Crippen LogP contribution in [0.15, 0.2) is 30.7 Å². The van der Waals surface area contributed by atoms with Crippen molar-refractivity contribution < 1.29 is 4.39 Å². The van der Waals surface area contributed by atoms with Crippen LogP contribution in [0.1, 0.15) is 17.3 Å². The molecule has 1 aromatic carbocycles. The number of aryl methyl sites for hydroxylation is 1. The fourth-order valence-electron chi connectivity index (χ4n) is 1.96. The first-order chi connectivity index (χ1) is 8.61. The molecule has 2 rings (SSSR count). The maximum Gasteiger partial charge on any atom is 0.127 e. The maximum absolute atomic E-state index is 13.8. The highest BCUT2D eigenvalue weighted by Crippen LogP contribution is 2.21. The molecule has 1 atom stereocenters. The van der Waals surface area contributed by atoms with Gasteiger partial charge in [-0.15, -0.1) is 0 Å². The van der Waals surface area contributed by atoms with E-state index in [9.17, 15) is 4.39 Å². The van der Waals surface area contributed by atoms with Gasteiger partial charge in [0.15, 0.2) is 0 Å². The van der Waals surface area contributed by atoms with Gasteiger partial charge in [-0.2, -0.15) is 0 Å². The first kappa shape index (κ1) is 13.1. The van der Waals surface area contributed by atoms with Gasteiger partial charge in [0, 0.05) is 18.3 Å². The number of hydrogen-bond acceptors (Lipinski definition) is 2. The number of benzene rings is 1. The van der Waals surface area contributed by atoms with E-state index in [0.717, 1.165) is 5.69 Å². The molecule has 0 saturated heterocycles. The van der Waals surface area contributed by atoms with Crippen molar-refractivity contribution in [3.8, 4) is 0 Å². The van der Waals surface area contributed by atoms with E-state index in [-0.39, 0.29) is 11.9 Å². The number of rotatable bonds is 4. The lowest BCUT2D eigenvalue weighted by molar-refractivity contribution is 0.531. The number of halogens is 2. The molecule has 0 saturated carbocycles. The smallest absolute Gasteiger partial charge is 0.127 e. The summed E-state index contributed by atoms with van der Waals surface area (Å²) >= 11 is 5.74. The van der Waals surface area contributed by atoms with Crippen LogP contribution in [0, 0.1) is 5.82 Å². The molecule has 0 spiro atoms. The van der Waals surface area contributed by atoms with Crippen molar-refractivity contribution in [2.24, 2.45) is 7.05 Å². The lowest BCUT2D eigenvalue weighted by atomic mass is 10.0. The summed E-state index contributed by atoms with van der Waals surface area (Å²) in [5.74, 6) is -0.273. The summed E-state index contributed by atoms with van der Waals surface area (Å²) in [4.78, 5) is 4.08. The zero-order chi connectivity index (χ0) is 13.1. The standard InChI is InChI=1S/C13H15ClFN3/c1-16-12(13-7-17-8-18(13)2)5-9-3-4-10(14)6-11(9)15/h3-4,6-8,12,16H,5H2,1-2H3. The maximum atomic E-state index is 13.8. The zero-order valence-corrected chi connectivity index (χ0v) is 11.1. The van der Waals surface area contributed by atoms with Crippen LogP contribution in [0.3, 0.4) is 0 Å². The van der Waals surface area contributed by atoms with E-state index in [0.29, 0.717) is 17.0 Å². The number of aromatic nitrogens is 2. The summed E-state index contributed by atoms with van der Waals surface area (Å²) in [6.45, 7) is 0. The average Bonchev–Trinajstić information content (AvgIpc) is 2.75. The molecule has 5 heteroatoms. The summed E-state index contributed by atoms with van der Waals surface area (Å²) in [6, 6.07) is 4.79. The molecule has 0 bridgehead atoms. The normalized spacial score (nSPS) is 12.7. The molecular weight excluding hydrogens is 253 g/mol. The topological polar surface area (TPSA) is 29.9 Å². The third-order valence-electron chi connectivity index (χ3n) is 3.00. The summed E-state index contributed by atoms with van der Waals surface area (Å²) in [6.07, 6.45) is 4.08. The Kier molecular flexibility index (Phi) is 3.99. The Hall–Kier alpha value is -1.39. The minimum Gasteiger partial charge on any atom is -0.336 e. The van der Waals surface area contributed by atoms with Gasteiger partial charge in [0.05, 0.1) is 18.1 Å². The second-order valence-corrected chi connectivity index (χ2v) is 4.65. The van der Waals surface area contributed by atoms with Gasteiger partial charge in [0.25, 0.3) is 0 Å². The van der Waals surface area contributed by atoms with Gasteiger partial charge in [-0.3, -0.25) is 0 Å². The summed E-state index contributed by atoms with van der Waals surface area (Å²) in [5, 5.41) is 3.59. The van der Waals surface area contributed by atoms with Crippen LogP contribution >= 0.6 is 11.6 Å². The Bertz CT molecular complexity index is 539. The molecule has 2 aromatic rings. The molecule has 0 aliphatic rings. The van der Waals surface area contributed by atoms with E-state index in [1.165, 1.54) is 6.07 Å². The van der Waals surface area contributed by atoms with Crippen LogP contribution in [0.25, 0.3) is 0 Å². The molecular formula is C13H15ClFN3. The minimum absolute atomic E-state index is 0.0215. The van der Waals surface area contributed by atoms with Gasteiger partial charge in [-0.25, -0.2) is 9.37 Å². The molecule has 18 heavy (non-hydrogen) atoms.